The van der Waals surface area contributed by atoms with Crippen LogP contribution in [0.25, 0.3) is 0 Å². The molecule has 11 atom stereocenters. The van der Waals surface area contributed by atoms with Crippen molar-refractivity contribution in [1.82, 2.24) is 10.0 Å². The van der Waals surface area contributed by atoms with Gasteiger partial charge in [-0.05, 0) is 97.2 Å². The van der Waals surface area contributed by atoms with E-state index in [0.29, 0.717) is 36.1 Å². The van der Waals surface area contributed by atoms with Crippen molar-refractivity contribution >= 4 is 16.1 Å². The molecule has 4 N–H and O–H groups in total. The van der Waals surface area contributed by atoms with Gasteiger partial charge in [-0.1, -0.05) is 34.1 Å². The number of nitrogens with one attached hydrogen (secondary N) is 2. The Labute approximate surface area is 205 Å². The van der Waals surface area contributed by atoms with E-state index in [-0.39, 0.29) is 34.9 Å². The van der Waals surface area contributed by atoms with Crippen LogP contribution in [0, 0.1) is 52.3 Å². The van der Waals surface area contributed by atoms with Gasteiger partial charge in [0.25, 0.3) is 0 Å². The van der Waals surface area contributed by atoms with Crippen molar-refractivity contribution in [2.24, 2.45) is 52.3 Å². The van der Waals surface area contributed by atoms with Gasteiger partial charge in [-0.15, -0.1) is 0 Å². The van der Waals surface area contributed by atoms with E-state index in [9.17, 15) is 23.4 Å². The predicted octanol–water partition coefficient (Wildman–Crippen LogP) is 3.51. The number of sulfonamides is 1. The first-order valence-electron chi connectivity index (χ1n) is 13.4. The van der Waals surface area contributed by atoms with Gasteiger partial charge in [0, 0.05) is 6.54 Å². The number of urea groups is 1. The molecule has 196 valence electrons. The molecule has 4 rings (SSSR count). The maximum Gasteiger partial charge on any atom is 0.328 e. The normalized spacial score (nSPS) is 47.1. The van der Waals surface area contributed by atoms with E-state index >= 15 is 0 Å². The van der Waals surface area contributed by atoms with E-state index < -0.39 is 16.1 Å². The zero-order valence-electron chi connectivity index (χ0n) is 21.6. The minimum atomic E-state index is -3.57. The second kappa shape index (κ2) is 9.22. The third-order valence-corrected chi connectivity index (χ3v) is 11.6. The average Bonchev–Trinajstić information content (AvgIpc) is 3.09. The first-order valence-corrected chi connectivity index (χ1v) is 15.3. The van der Waals surface area contributed by atoms with Gasteiger partial charge in [-0.3, -0.25) is 0 Å². The number of rotatable bonds is 5. The Balaban J connectivity index is 1.52. The summed E-state index contributed by atoms with van der Waals surface area (Å²) >= 11 is 0. The fourth-order valence-corrected chi connectivity index (χ4v) is 9.94. The average molecular weight is 499 g/mol. The minimum absolute atomic E-state index is 0.117. The van der Waals surface area contributed by atoms with E-state index in [1.807, 2.05) is 4.72 Å². The van der Waals surface area contributed by atoms with Gasteiger partial charge in [-0.25, -0.2) is 17.9 Å². The lowest BCUT2D eigenvalue weighted by Crippen LogP contribution is -2.62. The molecule has 0 heterocycles. The highest BCUT2D eigenvalue weighted by atomic mass is 32.2. The standard InChI is InChI=1S/C26H46N2O5S/c1-6-17-21-13-16(29)9-11-26(21,4)20-10-12-25(3)18(7-8-19(25)22(20)23(17)30)15(2)14-27-24(31)28-34(5,32)33/h15-23,29-30H,6-14H2,1-5H3,(H2,27,28,31)/t15-,16-,17-,18-,19+,20+,21+,22?,23-,25-,26-/m1/s1. The van der Waals surface area contributed by atoms with Crippen LogP contribution in [0.3, 0.4) is 0 Å². The van der Waals surface area contributed by atoms with Crippen LogP contribution in [0.1, 0.15) is 79.1 Å². The minimum Gasteiger partial charge on any atom is -0.393 e. The fourth-order valence-electron chi connectivity index (χ4n) is 9.53. The quantitative estimate of drug-likeness (QED) is 0.463. The third kappa shape index (κ3) is 4.40. The number of carbonyl (C=O) groups excluding carboxylic acids is 1. The van der Waals surface area contributed by atoms with E-state index in [1.165, 1.54) is 0 Å². The van der Waals surface area contributed by atoms with Crippen molar-refractivity contribution in [1.29, 1.82) is 0 Å². The molecular formula is C26H46N2O5S. The lowest BCUT2D eigenvalue weighted by molar-refractivity contribution is -0.203. The first-order chi connectivity index (χ1) is 15.8. The van der Waals surface area contributed by atoms with Crippen LogP contribution in [0.15, 0.2) is 0 Å². The van der Waals surface area contributed by atoms with Crippen molar-refractivity contribution in [2.75, 3.05) is 12.8 Å². The first kappa shape index (κ1) is 26.2. The summed E-state index contributed by atoms with van der Waals surface area (Å²) in [6.45, 7) is 9.67. The second-order valence-corrected chi connectivity index (χ2v) is 14.4. The number of hydrogen-bond acceptors (Lipinski definition) is 5. The predicted molar refractivity (Wildman–Crippen MR) is 132 cm³/mol. The molecule has 0 bridgehead atoms. The van der Waals surface area contributed by atoms with Crippen LogP contribution in [-0.4, -0.2) is 49.7 Å². The lowest BCUT2D eigenvalue weighted by atomic mass is 9.41. The van der Waals surface area contributed by atoms with Gasteiger partial charge >= 0.3 is 6.03 Å². The molecule has 0 aromatic heterocycles. The van der Waals surface area contributed by atoms with Crippen molar-refractivity contribution in [3.8, 4) is 0 Å². The number of carbonyl (C=O) groups is 1. The summed E-state index contributed by atoms with van der Waals surface area (Å²) in [5.74, 6) is 2.59. The Hall–Kier alpha value is -0.860. The molecule has 0 aromatic carbocycles. The maximum atomic E-state index is 12.0. The van der Waals surface area contributed by atoms with Crippen LogP contribution in [0.2, 0.25) is 0 Å². The van der Waals surface area contributed by atoms with Gasteiger partial charge in [0.05, 0.1) is 18.5 Å². The van der Waals surface area contributed by atoms with Crippen molar-refractivity contribution in [2.45, 2.75) is 91.3 Å². The zero-order chi connectivity index (χ0) is 25.1. The number of amides is 2. The highest BCUT2D eigenvalue weighted by Crippen LogP contribution is 2.69. The highest BCUT2D eigenvalue weighted by Gasteiger charge is 2.64. The smallest absolute Gasteiger partial charge is 0.328 e. The molecule has 8 heteroatoms. The monoisotopic (exact) mass is 498 g/mol. The van der Waals surface area contributed by atoms with Crippen molar-refractivity contribution in [3.05, 3.63) is 0 Å². The van der Waals surface area contributed by atoms with Crippen LogP contribution in [0.4, 0.5) is 4.79 Å². The summed E-state index contributed by atoms with van der Waals surface area (Å²) in [7, 11) is -3.57. The second-order valence-electron chi connectivity index (χ2n) is 12.7. The number of fused-ring (bicyclic) bond motifs is 5. The molecule has 0 aromatic rings. The summed E-state index contributed by atoms with van der Waals surface area (Å²) in [5.41, 5.74) is 0.312. The summed E-state index contributed by atoms with van der Waals surface area (Å²) in [5, 5.41) is 25.0. The fraction of sp³-hybridized carbons (Fsp3) is 0.962. The summed E-state index contributed by atoms with van der Waals surface area (Å²) < 4.78 is 24.7. The lowest BCUT2D eigenvalue weighted by Gasteiger charge is -2.64. The van der Waals surface area contributed by atoms with E-state index in [2.05, 4.69) is 33.0 Å². The van der Waals surface area contributed by atoms with Gasteiger partial charge < -0.3 is 15.5 Å². The Morgan fingerprint density at radius 2 is 1.68 bits per heavy atom. The van der Waals surface area contributed by atoms with Crippen LogP contribution < -0.4 is 10.0 Å². The number of hydrogen-bond donors (Lipinski definition) is 4. The molecule has 0 spiro atoms. The van der Waals surface area contributed by atoms with Gasteiger partial charge in [-0.2, -0.15) is 0 Å². The van der Waals surface area contributed by atoms with Crippen molar-refractivity contribution < 1.29 is 23.4 Å². The van der Waals surface area contributed by atoms with Gasteiger partial charge in [0.1, 0.15) is 0 Å². The molecule has 4 aliphatic carbocycles. The zero-order valence-corrected chi connectivity index (χ0v) is 22.4. The topological polar surface area (TPSA) is 116 Å². The Bertz CT molecular complexity index is 880. The highest BCUT2D eigenvalue weighted by molar-refractivity contribution is 7.89. The molecule has 7 nitrogen and oxygen atoms in total. The van der Waals surface area contributed by atoms with Crippen molar-refractivity contribution in [3.63, 3.8) is 0 Å². The Morgan fingerprint density at radius 1 is 1.03 bits per heavy atom. The molecule has 1 unspecified atom stereocenters. The van der Waals surface area contributed by atoms with Crippen LogP contribution in [0.5, 0.6) is 0 Å². The molecule has 2 amide bonds. The third-order valence-electron chi connectivity index (χ3n) is 11.0. The Morgan fingerprint density at radius 3 is 2.32 bits per heavy atom. The number of aliphatic hydroxyl groups excluding tert-OH is 2. The molecule has 0 saturated heterocycles. The Kier molecular flexibility index (Phi) is 7.11. The molecular weight excluding hydrogens is 452 g/mol. The maximum absolute atomic E-state index is 12.0. The van der Waals surface area contributed by atoms with E-state index in [4.69, 9.17) is 0 Å². The van der Waals surface area contributed by atoms with Crippen LogP contribution >= 0.6 is 0 Å². The summed E-state index contributed by atoms with van der Waals surface area (Å²) in [4.78, 5) is 12.0. The molecule has 34 heavy (non-hydrogen) atoms. The molecule has 4 fully saturated rings. The van der Waals surface area contributed by atoms with Crippen LogP contribution in [-0.2, 0) is 10.0 Å². The molecule has 4 saturated carbocycles. The van der Waals surface area contributed by atoms with E-state index in [1.54, 1.807) is 0 Å². The number of aliphatic hydroxyl groups is 2. The molecule has 4 aliphatic rings. The molecule has 0 aliphatic heterocycles. The van der Waals surface area contributed by atoms with E-state index in [0.717, 1.165) is 57.6 Å². The summed E-state index contributed by atoms with van der Waals surface area (Å²) in [6, 6.07) is -0.662. The molecule has 0 radical (unpaired) electrons. The van der Waals surface area contributed by atoms with Gasteiger partial charge in [0.15, 0.2) is 0 Å². The van der Waals surface area contributed by atoms with Gasteiger partial charge in [0.2, 0.25) is 10.0 Å². The summed E-state index contributed by atoms with van der Waals surface area (Å²) in [6.07, 6.45) is 8.63. The SMILES string of the molecule is CC[C@H]1[C@@H](O)C2[C@@H]3CC[C@H]([C@H](C)CNC(=O)NS(C)(=O)=O)[C@@]3(C)CC[C@@H]2[C@@]2(C)CC[C@@H](O)C[C@@H]12. The largest absolute Gasteiger partial charge is 0.393 e.